The summed E-state index contributed by atoms with van der Waals surface area (Å²) in [4.78, 5) is 12.8. The molecule has 158 valence electrons. The summed E-state index contributed by atoms with van der Waals surface area (Å²) in [5, 5.41) is 7.38. The van der Waals surface area contributed by atoms with Gasteiger partial charge in [-0.3, -0.25) is 9.48 Å². The summed E-state index contributed by atoms with van der Waals surface area (Å²) < 4.78 is 36.7. The number of hydrogen-bond acceptors (Lipinski definition) is 4. The monoisotopic (exact) mass is 415 g/mol. The Labute approximate surface area is 173 Å². The number of carbonyl (C=O) groups is 1. The second-order valence-corrected chi connectivity index (χ2v) is 6.62. The first-order chi connectivity index (χ1) is 14.4. The number of nitrogens with zero attached hydrogens (tertiary/aromatic N) is 2. The lowest BCUT2D eigenvalue weighted by atomic mass is 10.1. The Morgan fingerprint density at radius 1 is 1.13 bits per heavy atom. The van der Waals surface area contributed by atoms with Crippen LogP contribution in [0.4, 0.5) is 14.5 Å². The number of ether oxygens (including phenoxy) is 2. The van der Waals surface area contributed by atoms with Gasteiger partial charge in [-0.1, -0.05) is 30.3 Å². The molecule has 0 bridgehead atoms. The van der Waals surface area contributed by atoms with Gasteiger partial charge in [-0.15, -0.1) is 0 Å². The van der Waals surface area contributed by atoms with Crippen molar-refractivity contribution in [2.45, 2.75) is 33.9 Å². The predicted octanol–water partition coefficient (Wildman–Crippen LogP) is 4.80. The van der Waals surface area contributed by atoms with Crippen LogP contribution in [0.25, 0.3) is 0 Å². The van der Waals surface area contributed by atoms with Crippen molar-refractivity contribution in [2.24, 2.45) is 0 Å². The highest BCUT2D eigenvalue weighted by Gasteiger charge is 2.18. The van der Waals surface area contributed by atoms with E-state index in [4.69, 9.17) is 4.74 Å². The molecule has 1 amide bonds. The standard InChI is InChI=1S/C22H23F2N3O3/c1-4-29-19-12-17(10-11-18(19)30-22(23)24)21(28)25-20-14(2)26-27(15(20)3)13-16-8-6-5-7-9-16/h5-12,22H,4,13H2,1-3H3,(H,25,28). The maximum absolute atomic E-state index is 12.8. The fourth-order valence-electron chi connectivity index (χ4n) is 3.08. The molecule has 0 aliphatic carbocycles. The average Bonchev–Trinajstić information content (AvgIpc) is 2.97. The largest absolute Gasteiger partial charge is 0.490 e. The molecule has 2 aromatic carbocycles. The molecule has 1 heterocycles. The Morgan fingerprint density at radius 3 is 2.53 bits per heavy atom. The second-order valence-electron chi connectivity index (χ2n) is 6.62. The number of anilines is 1. The van der Waals surface area contributed by atoms with E-state index < -0.39 is 12.5 Å². The van der Waals surface area contributed by atoms with Gasteiger partial charge >= 0.3 is 6.61 Å². The van der Waals surface area contributed by atoms with E-state index >= 15 is 0 Å². The molecule has 0 fully saturated rings. The van der Waals surface area contributed by atoms with Crippen LogP contribution in [0, 0.1) is 13.8 Å². The first kappa shape index (κ1) is 21.3. The lowest BCUT2D eigenvalue weighted by Crippen LogP contribution is -2.14. The molecule has 0 atom stereocenters. The number of halogens is 2. The van der Waals surface area contributed by atoms with Gasteiger partial charge in [0.05, 0.1) is 30.2 Å². The molecule has 3 rings (SSSR count). The number of aromatic nitrogens is 2. The molecular weight excluding hydrogens is 392 g/mol. The lowest BCUT2D eigenvalue weighted by molar-refractivity contribution is -0.0514. The molecule has 0 saturated heterocycles. The number of amides is 1. The van der Waals surface area contributed by atoms with Crippen LogP contribution in [-0.2, 0) is 6.54 Å². The maximum Gasteiger partial charge on any atom is 0.387 e. The van der Waals surface area contributed by atoms with Crippen molar-refractivity contribution in [3.63, 3.8) is 0 Å². The Morgan fingerprint density at radius 2 is 1.87 bits per heavy atom. The third kappa shape index (κ3) is 4.94. The first-order valence-electron chi connectivity index (χ1n) is 9.50. The van der Waals surface area contributed by atoms with Crippen molar-refractivity contribution in [1.29, 1.82) is 0 Å². The van der Waals surface area contributed by atoms with Crippen LogP contribution in [0.15, 0.2) is 48.5 Å². The van der Waals surface area contributed by atoms with Crippen LogP contribution in [-0.4, -0.2) is 28.9 Å². The van der Waals surface area contributed by atoms with E-state index in [0.29, 0.717) is 17.9 Å². The molecule has 1 aromatic heterocycles. The average molecular weight is 415 g/mol. The Bertz CT molecular complexity index is 1020. The van der Waals surface area contributed by atoms with E-state index in [9.17, 15) is 13.6 Å². The highest BCUT2D eigenvalue weighted by atomic mass is 19.3. The summed E-state index contributed by atoms with van der Waals surface area (Å²) in [7, 11) is 0. The van der Waals surface area contributed by atoms with E-state index in [1.807, 2.05) is 48.9 Å². The molecule has 0 aliphatic heterocycles. The Hall–Kier alpha value is -3.42. The fraction of sp³-hybridized carbons (Fsp3) is 0.273. The molecule has 0 unspecified atom stereocenters. The highest BCUT2D eigenvalue weighted by molar-refractivity contribution is 6.05. The molecule has 0 radical (unpaired) electrons. The van der Waals surface area contributed by atoms with Gasteiger partial charge in [0.15, 0.2) is 11.5 Å². The number of benzene rings is 2. The van der Waals surface area contributed by atoms with Crippen molar-refractivity contribution in [3.8, 4) is 11.5 Å². The zero-order valence-electron chi connectivity index (χ0n) is 17.0. The highest BCUT2D eigenvalue weighted by Crippen LogP contribution is 2.30. The molecule has 6 nitrogen and oxygen atoms in total. The Kier molecular flexibility index (Phi) is 6.66. The van der Waals surface area contributed by atoms with Gasteiger partial charge < -0.3 is 14.8 Å². The van der Waals surface area contributed by atoms with Crippen molar-refractivity contribution < 1.29 is 23.0 Å². The number of alkyl halides is 2. The van der Waals surface area contributed by atoms with Crippen LogP contribution in [0.1, 0.15) is 34.2 Å². The number of aryl methyl sites for hydroxylation is 1. The third-order valence-corrected chi connectivity index (χ3v) is 4.52. The predicted molar refractivity (Wildman–Crippen MR) is 109 cm³/mol. The van der Waals surface area contributed by atoms with Crippen molar-refractivity contribution >= 4 is 11.6 Å². The SMILES string of the molecule is CCOc1cc(C(=O)Nc2c(C)nn(Cc3ccccc3)c2C)ccc1OC(F)F. The number of hydrogen-bond donors (Lipinski definition) is 1. The summed E-state index contributed by atoms with van der Waals surface area (Å²) in [5.41, 5.74) is 3.46. The molecule has 3 aromatic rings. The lowest BCUT2D eigenvalue weighted by Gasteiger charge is -2.13. The zero-order chi connectivity index (χ0) is 21.7. The zero-order valence-corrected chi connectivity index (χ0v) is 17.0. The summed E-state index contributed by atoms with van der Waals surface area (Å²) in [6, 6.07) is 14.0. The van der Waals surface area contributed by atoms with Gasteiger partial charge in [-0.05, 0) is 44.5 Å². The van der Waals surface area contributed by atoms with Crippen LogP contribution >= 0.6 is 0 Å². The number of rotatable bonds is 8. The molecule has 8 heteroatoms. The van der Waals surface area contributed by atoms with E-state index in [-0.39, 0.29) is 23.7 Å². The summed E-state index contributed by atoms with van der Waals surface area (Å²) >= 11 is 0. The normalized spacial score (nSPS) is 10.9. The van der Waals surface area contributed by atoms with E-state index in [2.05, 4.69) is 15.2 Å². The Balaban J connectivity index is 1.81. The second kappa shape index (κ2) is 9.39. The van der Waals surface area contributed by atoms with Gasteiger partial charge in [0.1, 0.15) is 0 Å². The third-order valence-electron chi connectivity index (χ3n) is 4.52. The van der Waals surface area contributed by atoms with Crippen molar-refractivity contribution in [1.82, 2.24) is 9.78 Å². The molecule has 0 spiro atoms. The van der Waals surface area contributed by atoms with Gasteiger partial charge in [0.2, 0.25) is 0 Å². The fourth-order valence-corrected chi connectivity index (χ4v) is 3.08. The number of carbonyl (C=O) groups excluding carboxylic acids is 1. The van der Waals surface area contributed by atoms with E-state index in [0.717, 1.165) is 11.3 Å². The molecular formula is C22H23F2N3O3. The van der Waals surface area contributed by atoms with Crippen molar-refractivity contribution in [2.75, 3.05) is 11.9 Å². The van der Waals surface area contributed by atoms with E-state index in [1.165, 1.54) is 18.2 Å². The number of nitrogens with one attached hydrogen (secondary N) is 1. The minimum Gasteiger partial charge on any atom is -0.490 e. The summed E-state index contributed by atoms with van der Waals surface area (Å²) in [5.74, 6) is -0.435. The van der Waals surface area contributed by atoms with E-state index in [1.54, 1.807) is 6.92 Å². The van der Waals surface area contributed by atoms with Crippen LogP contribution < -0.4 is 14.8 Å². The minimum atomic E-state index is -2.98. The van der Waals surface area contributed by atoms with Crippen LogP contribution in [0.3, 0.4) is 0 Å². The van der Waals surface area contributed by atoms with Gasteiger partial charge in [0.25, 0.3) is 5.91 Å². The summed E-state index contributed by atoms with van der Waals surface area (Å²) in [6.07, 6.45) is 0. The summed E-state index contributed by atoms with van der Waals surface area (Å²) in [6.45, 7) is 3.25. The van der Waals surface area contributed by atoms with Gasteiger partial charge in [-0.25, -0.2) is 0 Å². The first-order valence-corrected chi connectivity index (χ1v) is 9.50. The van der Waals surface area contributed by atoms with Gasteiger partial charge in [-0.2, -0.15) is 13.9 Å². The molecule has 30 heavy (non-hydrogen) atoms. The maximum atomic E-state index is 12.8. The topological polar surface area (TPSA) is 65.4 Å². The van der Waals surface area contributed by atoms with Gasteiger partial charge in [0, 0.05) is 5.56 Å². The molecule has 1 N–H and O–H groups in total. The smallest absolute Gasteiger partial charge is 0.387 e. The quantitative estimate of drug-likeness (QED) is 0.574. The van der Waals surface area contributed by atoms with Crippen molar-refractivity contribution in [3.05, 3.63) is 71.0 Å². The van der Waals surface area contributed by atoms with Crippen LogP contribution in [0.2, 0.25) is 0 Å². The van der Waals surface area contributed by atoms with Crippen LogP contribution in [0.5, 0.6) is 11.5 Å². The molecule has 0 saturated carbocycles. The molecule has 0 aliphatic rings. The minimum absolute atomic E-state index is 0.0821.